The van der Waals surface area contributed by atoms with Gasteiger partial charge in [-0.2, -0.15) is 0 Å². The lowest BCUT2D eigenvalue weighted by atomic mass is 10.1. The lowest BCUT2D eigenvalue weighted by molar-refractivity contribution is 0.0600. The largest absolute Gasteiger partial charge is 0.465 e. The van der Waals surface area contributed by atoms with Crippen LogP contribution in [-0.4, -0.2) is 84.2 Å². The van der Waals surface area contributed by atoms with E-state index in [-0.39, 0.29) is 11.9 Å². The number of methoxy groups -OCH3 is 1. The molecule has 41 heavy (non-hydrogen) atoms. The summed E-state index contributed by atoms with van der Waals surface area (Å²) in [5.41, 5.74) is 3.79. The van der Waals surface area contributed by atoms with Crippen LogP contribution < -0.4 is 10.6 Å². The zero-order valence-electron chi connectivity index (χ0n) is 25.3. The first-order valence-electron chi connectivity index (χ1n) is 14.9. The molecule has 0 radical (unpaired) electrons. The van der Waals surface area contributed by atoms with Gasteiger partial charge >= 0.3 is 5.97 Å². The molecule has 9 heteroatoms. The number of amides is 1. The van der Waals surface area contributed by atoms with Gasteiger partial charge < -0.3 is 24.8 Å². The summed E-state index contributed by atoms with van der Waals surface area (Å²) in [5, 5.41) is 6.86. The molecule has 9 nitrogen and oxygen atoms in total. The summed E-state index contributed by atoms with van der Waals surface area (Å²) in [7, 11) is 1.38. The van der Waals surface area contributed by atoms with Gasteiger partial charge in [-0.3, -0.25) is 9.69 Å². The molecule has 0 spiro atoms. The third-order valence-corrected chi connectivity index (χ3v) is 7.65. The van der Waals surface area contributed by atoms with Gasteiger partial charge in [-0.25, -0.2) is 9.78 Å². The molecule has 0 aliphatic carbocycles. The van der Waals surface area contributed by atoms with Crippen LogP contribution in [0.4, 0.5) is 11.6 Å². The van der Waals surface area contributed by atoms with E-state index >= 15 is 0 Å². The maximum atomic E-state index is 13.8. The first-order chi connectivity index (χ1) is 19.7. The van der Waals surface area contributed by atoms with Gasteiger partial charge in [-0.15, -0.1) is 0 Å². The summed E-state index contributed by atoms with van der Waals surface area (Å²) >= 11 is 0. The van der Waals surface area contributed by atoms with E-state index in [9.17, 15) is 9.59 Å². The van der Waals surface area contributed by atoms with Crippen LogP contribution in [0.5, 0.6) is 0 Å². The zero-order chi connectivity index (χ0) is 29.4. The van der Waals surface area contributed by atoms with E-state index in [1.54, 1.807) is 12.1 Å². The van der Waals surface area contributed by atoms with Crippen molar-refractivity contribution in [3.8, 4) is 0 Å². The van der Waals surface area contributed by atoms with Gasteiger partial charge in [0.15, 0.2) is 0 Å². The summed E-state index contributed by atoms with van der Waals surface area (Å²) in [5.74, 6) is 1.49. The Morgan fingerprint density at radius 3 is 2.20 bits per heavy atom. The number of nitrogens with zero attached hydrogens (tertiary/aromatic N) is 4. The van der Waals surface area contributed by atoms with Crippen LogP contribution in [0.1, 0.15) is 61.3 Å². The van der Waals surface area contributed by atoms with E-state index < -0.39 is 0 Å². The number of hydrogen-bond acceptors (Lipinski definition) is 7. The second kappa shape index (κ2) is 14.5. The van der Waals surface area contributed by atoms with Crippen LogP contribution in [-0.2, 0) is 11.3 Å². The number of esters is 1. The topological polar surface area (TPSA) is 91.7 Å². The van der Waals surface area contributed by atoms with Gasteiger partial charge in [0.05, 0.1) is 23.7 Å². The maximum Gasteiger partial charge on any atom is 0.337 e. The van der Waals surface area contributed by atoms with Crippen LogP contribution in [0, 0.1) is 11.8 Å². The predicted molar refractivity (Wildman–Crippen MR) is 165 cm³/mol. The predicted octanol–water partition coefficient (Wildman–Crippen LogP) is 5.01. The monoisotopic (exact) mass is 562 g/mol. The van der Waals surface area contributed by atoms with Gasteiger partial charge in [-0.1, -0.05) is 27.7 Å². The first kappa shape index (κ1) is 30.5. The zero-order valence-corrected chi connectivity index (χ0v) is 25.3. The van der Waals surface area contributed by atoms with Crippen molar-refractivity contribution in [3.63, 3.8) is 0 Å². The molecule has 1 aliphatic heterocycles. The maximum absolute atomic E-state index is 13.8. The Morgan fingerprint density at radius 2 is 1.59 bits per heavy atom. The van der Waals surface area contributed by atoms with Crippen LogP contribution in [0.2, 0.25) is 0 Å². The molecule has 1 aromatic heterocycles. The van der Waals surface area contributed by atoms with Crippen LogP contribution >= 0.6 is 0 Å². The van der Waals surface area contributed by atoms with E-state index in [4.69, 9.17) is 9.72 Å². The molecular weight excluding hydrogens is 516 g/mol. The molecule has 1 aliphatic rings. The highest BCUT2D eigenvalue weighted by Crippen LogP contribution is 2.25. The highest BCUT2D eigenvalue weighted by atomic mass is 16.5. The lowest BCUT2D eigenvalue weighted by Gasteiger charge is -2.27. The van der Waals surface area contributed by atoms with Gasteiger partial charge in [0, 0.05) is 63.6 Å². The number of fused-ring (bicyclic) bond motifs is 1. The number of carbonyl (C=O) groups excluding carboxylic acids is 2. The van der Waals surface area contributed by atoms with Crippen molar-refractivity contribution in [2.45, 2.75) is 47.1 Å². The first-order valence-corrected chi connectivity index (χ1v) is 14.9. The molecule has 1 amide bonds. The fourth-order valence-electron chi connectivity index (χ4n) is 5.02. The highest BCUT2D eigenvalue weighted by Gasteiger charge is 2.20. The second-order valence-electron chi connectivity index (χ2n) is 11.7. The average molecular weight is 563 g/mol. The average Bonchev–Trinajstić information content (AvgIpc) is 3.31. The molecule has 0 bridgehead atoms. The van der Waals surface area contributed by atoms with Crippen molar-refractivity contribution in [2.75, 3.05) is 58.2 Å². The third kappa shape index (κ3) is 8.30. The number of piperazine rings is 1. The smallest absolute Gasteiger partial charge is 0.337 e. The molecule has 1 saturated heterocycles. The van der Waals surface area contributed by atoms with Crippen molar-refractivity contribution in [1.82, 2.24) is 24.7 Å². The summed E-state index contributed by atoms with van der Waals surface area (Å²) in [4.78, 5) is 35.0. The van der Waals surface area contributed by atoms with Gasteiger partial charge in [-0.05, 0) is 67.1 Å². The summed E-state index contributed by atoms with van der Waals surface area (Å²) in [6.45, 7) is 15.9. The second-order valence-corrected chi connectivity index (χ2v) is 11.7. The Labute approximate surface area is 244 Å². The van der Waals surface area contributed by atoms with E-state index in [0.29, 0.717) is 28.9 Å². The lowest BCUT2D eigenvalue weighted by Crippen LogP contribution is -2.44. The summed E-state index contributed by atoms with van der Waals surface area (Å²) in [6, 6.07) is 13.0. The fourth-order valence-corrected chi connectivity index (χ4v) is 5.02. The minimum absolute atomic E-state index is 0.0796. The number of ether oxygens (including phenoxy) is 1. The molecule has 222 valence electrons. The Bertz CT molecular complexity index is 1280. The number of rotatable bonds is 13. The molecule has 3 aromatic rings. The van der Waals surface area contributed by atoms with Crippen LogP contribution in [0.15, 0.2) is 42.5 Å². The van der Waals surface area contributed by atoms with E-state index in [2.05, 4.69) is 47.8 Å². The van der Waals surface area contributed by atoms with E-state index in [1.165, 1.54) is 7.11 Å². The molecule has 2 aromatic carbocycles. The summed E-state index contributed by atoms with van der Waals surface area (Å²) < 4.78 is 7.00. The Balaban J connectivity index is 1.64. The van der Waals surface area contributed by atoms with Crippen molar-refractivity contribution < 1.29 is 14.3 Å². The van der Waals surface area contributed by atoms with Crippen molar-refractivity contribution in [1.29, 1.82) is 0 Å². The number of anilines is 2. The van der Waals surface area contributed by atoms with E-state index in [1.807, 2.05) is 35.2 Å². The van der Waals surface area contributed by atoms with E-state index in [0.717, 1.165) is 81.9 Å². The molecule has 4 rings (SSSR count). The van der Waals surface area contributed by atoms with Crippen LogP contribution in [0.25, 0.3) is 11.0 Å². The van der Waals surface area contributed by atoms with Gasteiger partial charge in [0.1, 0.15) is 0 Å². The van der Waals surface area contributed by atoms with Gasteiger partial charge in [0.2, 0.25) is 5.95 Å². The highest BCUT2D eigenvalue weighted by molar-refractivity contribution is 5.98. The van der Waals surface area contributed by atoms with Gasteiger partial charge in [0.25, 0.3) is 5.91 Å². The number of nitrogens with one attached hydrogen (secondary N) is 2. The molecule has 0 atom stereocenters. The standard InChI is InChI=1S/C32H46N6O3/c1-23(2)12-16-37(17-13-24(3)4)30(39)26-8-11-28-29(22-26)38(21-20-36-18-14-33-15-19-36)32(35-28)34-27-9-6-25(7-10-27)31(40)41-5/h6-11,22-24,33H,12-21H2,1-5H3,(H,34,35). The Morgan fingerprint density at radius 1 is 0.951 bits per heavy atom. The quantitative estimate of drug-likeness (QED) is 0.283. The minimum atomic E-state index is -0.368. The van der Waals surface area contributed by atoms with Crippen LogP contribution in [0.3, 0.4) is 0 Å². The molecule has 0 unspecified atom stereocenters. The number of carbonyl (C=O) groups is 2. The molecule has 2 N–H and O–H groups in total. The minimum Gasteiger partial charge on any atom is -0.465 e. The Kier molecular flexibility index (Phi) is 10.8. The summed E-state index contributed by atoms with van der Waals surface area (Å²) in [6.07, 6.45) is 1.97. The number of imidazole rings is 1. The fraction of sp³-hybridized carbons (Fsp3) is 0.531. The Hall–Kier alpha value is -3.43. The molecule has 2 heterocycles. The normalized spacial score (nSPS) is 14.1. The van der Waals surface area contributed by atoms with Crippen molar-refractivity contribution in [2.24, 2.45) is 11.8 Å². The molecular formula is C32H46N6O3. The van der Waals surface area contributed by atoms with Crippen molar-refractivity contribution in [3.05, 3.63) is 53.6 Å². The third-order valence-electron chi connectivity index (χ3n) is 7.65. The number of benzene rings is 2. The number of aromatic nitrogens is 2. The number of hydrogen-bond donors (Lipinski definition) is 2. The SMILES string of the molecule is COC(=O)c1ccc(Nc2nc3ccc(C(=O)N(CCC(C)C)CCC(C)C)cc3n2CCN2CCNCC2)cc1. The molecule has 1 fully saturated rings. The molecule has 0 saturated carbocycles. The van der Waals surface area contributed by atoms with Crippen molar-refractivity contribution >= 4 is 34.5 Å².